The molecule has 0 saturated carbocycles. The fourth-order valence-electron chi connectivity index (χ4n) is 3.74. The Balaban J connectivity index is 1.47. The Morgan fingerprint density at radius 3 is 2.47 bits per heavy atom. The normalized spacial score (nSPS) is 19.1. The maximum absolute atomic E-state index is 13.0. The Kier molecular flexibility index (Phi) is 6.82. The molecule has 0 bridgehead atoms. The smallest absolute Gasteiger partial charge is 0.247 e. The second kappa shape index (κ2) is 9.60. The van der Waals surface area contributed by atoms with Crippen LogP contribution in [0.2, 0.25) is 0 Å². The summed E-state index contributed by atoms with van der Waals surface area (Å²) >= 11 is 1.15. The van der Waals surface area contributed by atoms with Gasteiger partial charge in [0.2, 0.25) is 21.8 Å². The van der Waals surface area contributed by atoms with Crippen LogP contribution < -0.4 is 10.0 Å². The Bertz CT molecular complexity index is 1110. The standard InChI is InChI=1S/C22H24FN3O4S2/c23-16-7-5-15(6-8-16)14-24-32(29,30)17-9-10-19-18(13-17)25-21(27)20(31-19)22(28)26-11-3-1-2-4-12-26/h5-10,13,20,24H,1-4,11-12,14H2,(H,25,27). The van der Waals surface area contributed by atoms with Gasteiger partial charge in [-0.2, -0.15) is 0 Å². The van der Waals surface area contributed by atoms with Crippen LogP contribution in [-0.2, 0) is 26.2 Å². The number of amides is 2. The summed E-state index contributed by atoms with van der Waals surface area (Å²) in [5, 5.41) is 1.82. The van der Waals surface area contributed by atoms with Gasteiger partial charge < -0.3 is 10.2 Å². The largest absolute Gasteiger partial charge is 0.341 e. The highest BCUT2D eigenvalue weighted by molar-refractivity contribution is 8.01. The summed E-state index contributed by atoms with van der Waals surface area (Å²) < 4.78 is 40.9. The van der Waals surface area contributed by atoms with Crippen molar-refractivity contribution in [2.24, 2.45) is 0 Å². The zero-order valence-corrected chi connectivity index (χ0v) is 19.0. The molecule has 1 unspecified atom stereocenters. The van der Waals surface area contributed by atoms with Crippen LogP contribution in [0.5, 0.6) is 0 Å². The second-order valence-corrected chi connectivity index (χ2v) is 10.7. The molecule has 10 heteroatoms. The van der Waals surface area contributed by atoms with E-state index in [9.17, 15) is 22.4 Å². The van der Waals surface area contributed by atoms with Crippen LogP contribution in [-0.4, -0.2) is 43.5 Å². The number of halogens is 1. The van der Waals surface area contributed by atoms with Crippen molar-refractivity contribution in [3.05, 3.63) is 53.8 Å². The van der Waals surface area contributed by atoms with Gasteiger partial charge in [0, 0.05) is 24.5 Å². The predicted molar refractivity (Wildman–Crippen MR) is 120 cm³/mol. The molecule has 2 heterocycles. The van der Waals surface area contributed by atoms with Crippen LogP contribution in [0.15, 0.2) is 52.3 Å². The van der Waals surface area contributed by atoms with Crippen molar-refractivity contribution in [3.63, 3.8) is 0 Å². The lowest BCUT2D eigenvalue weighted by molar-refractivity contribution is -0.133. The minimum Gasteiger partial charge on any atom is -0.341 e. The van der Waals surface area contributed by atoms with Crippen molar-refractivity contribution < 1.29 is 22.4 Å². The van der Waals surface area contributed by atoms with Gasteiger partial charge in [-0.15, -0.1) is 11.8 Å². The SMILES string of the molecule is O=C1Nc2cc(S(=O)(=O)NCc3ccc(F)cc3)ccc2SC1C(=O)N1CCCCCC1. The molecule has 4 rings (SSSR count). The van der Waals surface area contributed by atoms with Gasteiger partial charge in [-0.1, -0.05) is 25.0 Å². The minimum atomic E-state index is -3.85. The first-order valence-electron chi connectivity index (χ1n) is 10.5. The molecular weight excluding hydrogens is 453 g/mol. The molecule has 0 radical (unpaired) electrons. The van der Waals surface area contributed by atoms with Gasteiger partial charge in [0.1, 0.15) is 5.82 Å². The first-order chi connectivity index (χ1) is 15.3. The topological polar surface area (TPSA) is 95.6 Å². The van der Waals surface area contributed by atoms with Gasteiger partial charge >= 0.3 is 0 Å². The molecule has 0 aliphatic carbocycles. The van der Waals surface area contributed by atoms with Gasteiger partial charge in [0.05, 0.1) is 10.6 Å². The van der Waals surface area contributed by atoms with Crippen LogP contribution in [0.1, 0.15) is 31.2 Å². The molecule has 0 spiro atoms. The number of sulfonamides is 1. The number of thioether (sulfide) groups is 1. The molecule has 2 amide bonds. The van der Waals surface area contributed by atoms with E-state index in [4.69, 9.17) is 0 Å². The molecule has 2 aliphatic rings. The van der Waals surface area contributed by atoms with E-state index in [0.717, 1.165) is 37.4 Å². The molecule has 1 fully saturated rings. The maximum Gasteiger partial charge on any atom is 0.247 e. The van der Waals surface area contributed by atoms with Crippen LogP contribution in [0.25, 0.3) is 0 Å². The Morgan fingerprint density at radius 2 is 1.78 bits per heavy atom. The highest BCUT2D eigenvalue weighted by atomic mass is 32.2. The summed E-state index contributed by atoms with van der Waals surface area (Å²) in [6.07, 6.45) is 4.05. The van der Waals surface area contributed by atoms with E-state index < -0.39 is 27.0 Å². The van der Waals surface area contributed by atoms with E-state index in [-0.39, 0.29) is 17.3 Å². The Labute approximate surface area is 190 Å². The van der Waals surface area contributed by atoms with Gasteiger partial charge in [-0.25, -0.2) is 17.5 Å². The number of nitrogens with one attached hydrogen (secondary N) is 2. The fraction of sp³-hybridized carbons (Fsp3) is 0.364. The number of fused-ring (bicyclic) bond motifs is 1. The molecule has 2 aromatic carbocycles. The molecule has 0 aromatic heterocycles. The summed E-state index contributed by atoms with van der Waals surface area (Å²) in [5.41, 5.74) is 0.983. The third-order valence-corrected chi connectivity index (χ3v) is 8.18. The van der Waals surface area contributed by atoms with E-state index in [2.05, 4.69) is 10.0 Å². The van der Waals surface area contributed by atoms with E-state index in [1.807, 2.05) is 0 Å². The molecule has 1 saturated heterocycles. The van der Waals surface area contributed by atoms with Crippen LogP contribution >= 0.6 is 11.8 Å². The first-order valence-corrected chi connectivity index (χ1v) is 12.8. The van der Waals surface area contributed by atoms with E-state index in [0.29, 0.717) is 29.2 Å². The Hall–Kier alpha value is -2.43. The molecule has 170 valence electrons. The number of carbonyl (C=O) groups excluding carboxylic acids is 2. The van der Waals surface area contributed by atoms with Crippen molar-refractivity contribution in [2.75, 3.05) is 18.4 Å². The monoisotopic (exact) mass is 477 g/mol. The minimum absolute atomic E-state index is 0.00319. The third-order valence-electron chi connectivity index (χ3n) is 5.52. The predicted octanol–water partition coefficient (Wildman–Crippen LogP) is 3.12. The van der Waals surface area contributed by atoms with Gasteiger partial charge in [0.25, 0.3) is 0 Å². The van der Waals surface area contributed by atoms with E-state index in [1.165, 1.54) is 36.4 Å². The number of benzene rings is 2. The number of anilines is 1. The highest BCUT2D eigenvalue weighted by Crippen LogP contribution is 2.38. The van der Waals surface area contributed by atoms with Gasteiger partial charge in [-0.05, 0) is 48.7 Å². The van der Waals surface area contributed by atoms with Crippen LogP contribution in [0, 0.1) is 5.82 Å². The van der Waals surface area contributed by atoms with E-state index >= 15 is 0 Å². The Morgan fingerprint density at radius 1 is 1.09 bits per heavy atom. The average Bonchev–Trinajstić information content (AvgIpc) is 3.07. The van der Waals surface area contributed by atoms with Crippen molar-refractivity contribution in [1.29, 1.82) is 0 Å². The zero-order valence-electron chi connectivity index (χ0n) is 17.3. The summed E-state index contributed by atoms with van der Waals surface area (Å²) in [7, 11) is -3.85. The zero-order chi connectivity index (χ0) is 22.7. The van der Waals surface area contributed by atoms with Gasteiger partial charge in [0.15, 0.2) is 5.25 Å². The summed E-state index contributed by atoms with van der Waals surface area (Å²) in [6, 6.07) is 9.97. The second-order valence-electron chi connectivity index (χ2n) is 7.84. The number of carbonyl (C=O) groups is 2. The first kappa shape index (κ1) is 22.8. The molecule has 2 N–H and O–H groups in total. The number of hydrogen-bond acceptors (Lipinski definition) is 5. The van der Waals surface area contributed by atoms with Crippen LogP contribution in [0.4, 0.5) is 10.1 Å². The summed E-state index contributed by atoms with van der Waals surface area (Å²) in [4.78, 5) is 28.0. The summed E-state index contributed by atoms with van der Waals surface area (Å²) in [5.74, 6) is -1.03. The van der Waals surface area contributed by atoms with Crippen molar-refractivity contribution in [2.45, 2.75) is 47.3 Å². The van der Waals surface area contributed by atoms with E-state index in [1.54, 1.807) is 11.0 Å². The fourth-order valence-corrected chi connectivity index (χ4v) is 5.84. The quantitative estimate of drug-likeness (QED) is 0.645. The van der Waals surface area contributed by atoms with Crippen molar-refractivity contribution in [1.82, 2.24) is 9.62 Å². The third kappa shape index (κ3) is 5.13. The lowest BCUT2D eigenvalue weighted by Gasteiger charge is -2.28. The van der Waals surface area contributed by atoms with Crippen molar-refractivity contribution in [3.8, 4) is 0 Å². The highest BCUT2D eigenvalue weighted by Gasteiger charge is 2.36. The molecule has 1 atom stereocenters. The number of hydrogen-bond donors (Lipinski definition) is 2. The van der Waals surface area contributed by atoms with Crippen molar-refractivity contribution >= 4 is 39.3 Å². The van der Waals surface area contributed by atoms with Gasteiger partial charge in [-0.3, -0.25) is 9.59 Å². The summed E-state index contributed by atoms with van der Waals surface area (Å²) in [6.45, 7) is 1.33. The lowest BCUT2D eigenvalue weighted by Crippen LogP contribution is -2.45. The maximum atomic E-state index is 13.0. The molecule has 2 aliphatic heterocycles. The molecule has 2 aromatic rings. The number of likely N-dealkylation sites (tertiary alicyclic amines) is 1. The molecule has 32 heavy (non-hydrogen) atoms. The lowest BCUT2D eigenvalue weighted by atomic mass is 10.2. The number of nitrogens with zero attached hydrogens (tertiary/aromatic N) is 1. The molecule has 7 nitrogen and oxygen atoms in total. The van der Waals surface area contributed by atoms with Crippen LogP contribution in [0.3, 0.4) is 0 Å². The average molecular weight is 478 g/mol. The molecular formula is C22H24FN3O4S2. The number of rotatable bonds is 5.